The van der Waals surface area contributed by atoms with E-state index in [0.717, 1.165) is 5.56 Å². The number of ether oxygens (including phenoxy) is 1. The third-order valence-corrected chi connectivity index (χ3v) is 4.27. The summed E-state index contributed by atoms with van der Waals surface area (Å²) in [6.45, 7) is 7.79. The second-order valence-electron chi connectivity index (χ2n) is 7.46. The Morgan fingerprint density at radius 3 is 1.89 bits per heavy atom. The van der Waals surface area contributed by atoms with Gasteiger partial charge in [0.2, 0.25) is 0 Å². The number of rotatable bonds is 7. The molecule has 5 heteroatoms. The van der Waals surface area contributed by atoms with Crippen molar-refractivity contribution < 1.29 is 14.3 Å². The highest BCUT2D eigenvalue weighted by molar-refractivity contribution is 5.95. The van der Waals surface area contributed by atoms with E-state index in [1.165, 1.54) is 5.56 Å². The number of hydrogen-bond donors (Lipinski definition) is 2. The molecule has 2 aromatic rings. The van der Waals surface area contributed by atoms with Crippen molar-refractivity contribution in [3.8, 4) is 0 Å². The van der Waals surface area contributed by atoms with E-state index in [2.05, 4.69) is 31.4 Å². The van der Waals surface area contributed by atoms with Gasteiger partial charge in [-0.3, -0.25) is 9.59 Å². The quantitative estimate of drug-likeness (QED) is 0.737. The van der Waals surface area contributed by atoms with Crippen molar-refractivity contribution in [2.45, 2.75) is 32.7 Å². The van der Waals surface area contributed by atoms with Gasteiger partial charge in [0.25, 0.3) is 11.8 Å². The molecule has 0 saturated heterocycles. The lowest BCUT2D eigenvalue weighted by Gasteiger charge is -2.19. The molecule has 0 aliphatic rings. The average Bonchev–Trinajstić information content (AvgIpc) is 2.66. The zero-order valence-electron chi connectivity index (χ0n) is 16.5. The Hall–Kier alpha value is -2.66. The Balaban J connectivity index is 1.88. The van der Waals surface area contributed by atoms with Gasteiger partial charge in [-0.2, -0.15) is 0 Å². The van der Waals surface area contributed by atoms with E-state index in [9.17, 15) is 9.59 Å². The molecule has 0 heterocycles. The maximum absolute atomic E-state index is 12.3. The summed E-state index contributed by atoms with van der Waals surface area (Å²) in [5, 5.41) is 5.68. The zero-order chi connectivity index (χ0) is 19.9. The van der Waals surface area contributed by atoms with Gasteiger partial charge in [-0.25, -0.2) is 0 Å². The number of nitrogens with one attached hydrogen (secondary N) is 2. The van der Waals surface area contributed by atoms with Crippen molar-refractivity contribution in [1.82, 2.24) is 10.6 Å². The van der Waals surface area contributed by atoms with Crippen molar-refractivity contribution in [1.29, 1.82) is 0 Å². The standard InChI is InChI=1S/C22H28N2O3/c1-22(2,3)19-11-9-18(10-12-19)21(26)24-15-16-5-7-17(8-6-16)20(25)23-13-14-27-4/h5-12H,13-15H2,1-4H3,(H,23,25)(H,24,26). The molecular formula is C22H28N2O3. The molecule has 0 bridgehead atoms. The molecule has 144 valence electrons. The SMILES string of the molecule is COCCNC(=O)c1ccc(CNC(=O)c2ccc(C(C)(C)C)cc2)cc1. The van der Waals surface area contributed by atoms with Crippen LogP contribution in [0.3, 0.4) is 0 Å². The average molecular weight is 368 g/mol. The molecule has 0 atom stereocenters. The van der Waals surface area contributed by atoms with Crippen LogP contribution in [0.25, 0.3) is 0 Å². The minimum atomic E-state index is -0.137. The highest BCUT2D eigenvalue weighted by Gasteiger charge is 2.14. The van der Waals surface area contributed by atoms with Gasteiger partial charge in [0.1, 0.15) is 0 Å². The number of carbonyl (C=O) groups is 2. The molecule has 0 fully saturated rings. The lowest BCUT2D eigenvalue weighted by Crippen LogP contribution is -2.27. The smallest absolute Gasteiger partial charge is 0.251 e. The molecule has 27 heavy (non-hydrogen) atoms. The molecule has 2 amide bonds. The van der Waals surface area contributed by atoms with Crippen LogP contribution in [0.1, 0.15) is 52.6 Å². The van der Waals surface area contributed by atoms with Crippen molar-refractivity contribution in [3.05, 3.63) is 70.8 Å². The van der Waals surface area contributed by atoms with Gasteiger partial charge in [0.15, 0.2) is 0 Å². The Morgan fingerprint density at radius 2 is 1.37 bits per heavy atom. The van der Waals surface area contributed by atoms with Crippen molar-refractivity contribution in [2.24, 2.45) is 0 Å². The molecule has 0 aliphatic carbocycles. The van der Waals surface area contributed by atoms with E-state index < -0.39 is 0 Å². The van der Waals surface area contributed by atoms with E-state index in [1.54, 1.807) is 19.2 Å². The third-order valence-electron chi connectivity index (χ3n) is 4.27. The van der Waals surface area contributed by atoms with Gasteiger partial charge in [-0.1, -0.05) is 45.0 Å². The number of methoxy groups -OCH3 is 1. The topological polar surface area (TPSA) is 67.4 Å². The van der Waals surface area contributed by atoms with Gasteiger partial charge in [0, 0.05) is 31.3 Å². The minimum Gasteiger partial charge on any atom is -0.383 e. The normalized spacial score (nSPS) is 11.1. The molecule has 5 nitrogen and oxygen atoms in total. The fraction of sp³-hybridized carbons (Fsp3) is 0.364. The summed E-state index contributed by atoms with van der Waals surface area (Å²) in [5.74, 6) is -0.251. The highest BCUT2D eigenvalue weighted by atomic mass is 16.5. The van der Waals surface area contributed by atoms with Gasteiger partial charge < -0.3 is 15.4 Å². The third kappa shape index (κ3) is 6.22. The first-order valence-electron chi connectivity index (χ1n) is 9.06. The second kappa shape index (κ2) is 9.33. The molecule has 0 aliphatic heterocycles. The lowest BCUT2D eigenvalue weighted by molar-refractivity contribution is 0.0932. The Bertz CT molecular complexity index is 760. The second-order valence-corrected chi connectivity index (χ2v) is 7.46. The largest absolute Gasteiger partial charge is 0.383 e. The molecular weight excluding hydrogens is 340 g/mol. The van der Waals surface area contributed by atoms with E-state index in [1.807, 2.05) is 36.4 Å². The number of benzene rings is 2. The summed E-state index contributed by atoms with van der Waals surface area (Å²) >= 11 is 0. The van der Waals surface area contributed by atoms with E-state index in [-0.39, 0.29) is 17.2 Å². The van der Waals surface area contributed by atoms with E-state index >= 15 is 0 Å². The fourth-order valence-corrected chi connectivity index (χ4v) is 2.55. The fourth-order valence-electron chi connectivity index (χ4n) is 2.55. The molecule has 0 aromatic heterocycles. The first kappa shape index (κ1) is 20.6. The molecule has 0 radical (unpaired) electrons. The predicted molar refractivity (Wildman–Crippen MR) is 107 cm³/mol. The maximum Gasteiger partial charge on any atom is 0.251 e. The molecule has 0 unspecified atom stereocenters. The molecule has 0 spiro atoms. The predicted octanol–water partition coefficient (Wildman–Crippen LogP) is 3.29. The number of hydrogen-bond acceptors (Lipinski definition) is 3. The molecule has 0 saturated carbocycles. The van der Waals surface area contributed by atoms with Crippen molar-refractivity contribution >= 4 is 11.8 Å². The lowest BCUT2D eigenvalue weighted by atomic mass is 9.87. The number of carbonyl (C=O) groups excluding carboxylic acids is 2. The van der Waals surface area contributed by atoms with Gasteiger partial charge in [0.05, 0.1) is 6.61 Å². The van der Waals surface area contributed by atoms with Crippen molar-refractivity contribution in [3.63, 3.8) is 0 Å². The Kier molecular flexibility index (Phi) is 7.13. The zero-order valence-corrected chi connectivity index (χ0v) is 16.5. The van der Waals surface area contributed by atoms with Crippen LogP contribution in [-0.4, -0.2) is 32.1 Å². The van der Waals surface area contributed by atoms with E-state index in [0.29, 0.717) is 30.8 Å². The molecule has 2 N–H and O–H groups in total. The molecule has 2 aromatic carbocycles. The summed E-state index contributed by atoms with van der Waals surface area (Å²) in [5.41, 5.74) is 3.41. The highest BCUT2D eigenvalue weighted by Crippen LogP contribution is 2.22. The van der Waals surface area contributed by atoms with Crippen LogP contribution < -0.4 is 10.6 Å². The summed E-state index contributed by atoms with van der Waals surface area (Å²) in [4.78, 5) is 24.3. The first-order valence-corrected chi connectivity index (χ1v) is 9.06. The maximum atomic E-state index is 12.3. The molecule has 2 rings (SSSR count). The monoisotopic (exact) mass is 368 g/mol. The summed E-state index contributed by atoms with van der Waals surface area (Å²) in [6.07, 6.45) is 0. The van der Waals surface area contributed by atoms with Gasteiger partial charge in [-0.15, -0.1) is 0 Å². The summed E-state index contributed by atoms with van der Waals surface area (Å²) in [6, 6.07) is 14.9. The minimum absolute atomic E-state index is 0.0621. The summed E-state index contributed by atoms with van der Waals surface area (Å²) < 4.78 is 4.91. The Labute approximate surface area is 161 Å². The van der Waals surface area contributed by atoms with Crippen LogP contribution in [0, 0.1) is 0 Å². The van der Waals surface area contributed by atoms with Gasteiger partial charge >= 0.3 is 0 Å². The van der Waals surface area contributed by atoms with Crippen molar-refractivity contribution in [2.75, 3.05) is 20.3 Å². The van der Waals surface area contributed by atoms with Gasteiger partial charge in [-0.05, 0) is 40.8 Å². The van der Waals surface area contributed by atoms with Crippen LogP contribution in [0.5, 0.6) is 0 Å². The summed E-state index contributed by atoms with van der Waals surface area (Å²) in [7, 11) is 1.59. The number of amides is 2. The van der Waals surface area contributed by atoms with Crippen LogP contribution in [-0.2, 0) is 16.7 Å². The van der Waals surface area contributed by atoms with Crippen LogP contribution in [0.15, 0.2) is 48.5 Å². The Morgan fingerprint density at radius 1 is 0.852 bits per heavy atom. The first-order chi connectivity index (χ1) is 12.8. The van der Waals surface area contributed by atoms with Crippen LogP contribution >= 0.6 is 0 Å². The van der Waals surface area contributed by atoms with Crippen LogP contribution in [0.2, 0.25) is 0 Å². The van der Waals surface area contributed by atoms with E-state index in [4.69, 9.17) is 4.74 Å². The van der Waals surface area contributed by atoms with Crippen LogP contribution in [0.4, 0.5) is 0 Å².